The highest BCUT2D eigenvalue weighted by molar-refractivity contribution is 5.89. The zero-order valence-electron chi connectivity index (χ0n) is 19.5. The Hall–Kier alpha value is -3.97. The quantitative estimate of drug-likeness (QED) is 0.412. The summed E-state index contributed by atoms with van der Waals surface area (Å²) >= 11 is 0. The number of nitrogens with one attached hydrogen (secondary N) is 1. The molecule has 4 aromatic rings. The minimum absolute atomic E-state index is 0.00467. The topological polar surface area (TPSA) is 102 Å². The van der Waals surface area contributed by atoms with Gasteiger partial charge in [0.2, 0.25) is 17.7 Å². The molecule has 3 aromatic heterocycles. The second-order valence-corrected chi connectivity index (χ2v) is 8.12. The Morgan fingerprint density at radius 1 is 1.37 bits per heavy atom. The Labute approximate surface area is 196 Å². The van der Waals surface area contributed by atoms with Crippen LogP contribution in [0.2, 0.25) is 0 Å². The molecule has 0 bridgehead atoms. The van der Waals surface area contributed by atoms with E-state index < -0.39 is 37.4 Å². The monoisotopic (exact) mass is 493 g/mol. The number of nitrogens with zero attached hydrogens (tertiary/aromatic N) is 7. The van der Waals surface area contributed by atoms with Gasteiger partial charge < -0.3 is 15.0 Å². The Kier molecular flexibility index (Phi) is 5.15. The molecule has 1 atom stereocenters. The molecule has 0 spiro atoms. The van der Waals surface area contributed by atoms with Crippen LogP contribution in [0.1, 0.15) is 8.29 Å². The van der Waals surface area contributed by atoms with Gasteiger partial charge >= 0.3 is 0 Å². The predicted molar refractivity (Wildman–Crippen MR) is 117 cm³/mol. The third-order valence-corrected chi connectivity index (χ3v) is 5.80. The van der Waals surface area contributed by atoms with Crippen molar-refractivity contribution >= 4 is 28.4 Å². The first kappa shape index (κ1) is 21.6. The number of rotatable bonds is 6. The van der Waals surface area contributed by atoms with E-state index in [0.29, 0.717) is 22.2 Å². The summed E-state index contributed by atoms with van der Waals surface area (Å²) < 4.78 is 70.8. The third-order valence-electron chi connectivity index (χ3n) is 5.80. The van der Waals surface area contributed by atoms with Crippen LogP contribution in [0, 0.1) is 0 Å². The van der Waals surface area contributed by atoms with Crippen LogP contribution in [0.5, 0.6) is 5.88 Å². The van der Waals surface area contributed by atoms with Gasteiger partial charge in [-0.1, -0.05) is 11.3 Å². The lowest BCUT2D eigenvalue weighted by molar-refractivity contribution is -0.129. The number of benzene rings is 1. The number of anilines is 1. The van der Waals surface area contributed by atoms with Crippen LogP contribution in [0.3, 0.4) is 0 Å². The van der Waals surface area contributed by atoms with Crippen LogP contribution in [-0.4, -0.2) is 79.0 Å². The van der Waals surface area contributed by atoms with Crippen LogP contribution in [0.25, 0.3) is 27.7 Å². The number of ether oxygens (including phenoxy) is 1. The molecule has 1 amide bonds. The average Bonchev–Trinajstić information content (AvgIpc) is 3.46. The van der Waals surface area contributed by atoms with E-state index in [2.05, 4.69) is 25.7 Å². The number of likely N-dealkylation sites (tertiary alicyclic amines) is 1. The van der Waals surface area contributed by atoms with Gasteiger partial charge in [-0.05, 0) is 23.8 Å². The SMILES string of the molecule is [2H]c1cc(-c2ccc3nnn(CC(F)F)c3c2)c2c(OC)nc(N[C@@H]3CN(C(C)=O)CC3(F)F)nn12. The maximum atomic E-state index is 14.5. The number of fused-ring (bicyclic) bond motifs is 2. The van der Waals surface area contributed by atoms with Gasteiger partial charge in [0.15, 0.2) is 0 Å². The van der Waals surface area contributed by atoms with E-state index in [1.165, 1.54) is 24.6 Å². The molecule has 4 heterocycles. The van der Waals surface area contributed by atoms with Crippen molar-refractivity contribution in [3.63, 3.8) is 0 Å². The van der Waals surface area contributed by atoms with Crippen molar-refractivity contribution in [3.05, 3.63) is 30.4 Å². The molecule has 0 unspecified atom stereocenters. The van der Waals surface area contributed by atoms with E-state index in [1.807, 2.05) is 0 Å². The molecule has 0 aliphatic carbocycles. The summed E-state index contributed by atoms with van der Waals surface area (Å²) in [6.07, 6.45) is -2.71. The normalized spacial score (nSPS) is 18.0. The van der Waals surface area contributed by atoms with Crippen LogP contribution < -0.4 is 10.1 Å². The van der Waals surface area contributed by atoms with Crippen molar-refractivity contribution in [1.29, 1.82) is 0 Å². The van der Waals surface area contributed by atoms with Gasteiger partial charge in [-0.25, -0.2) is 26.8 Å². The smallest absolute Gasteiger partial charge is 0.286 e. The van der Waals surface area contributed by atoms with E-state index in [9.17, 15) is 22.4 Å². The van der Waals surface area contributed by atoms with E-state index in [1.54, 1.807) is 18.2 Å². The fraction of sp³-hybridized carbons (Fsp3) is 0.381. The van der Waals surface area contributed by atoms with E-state index in [4.69, 9.17) is 6.11 Å². The molecule has 35 heavy (non-hydrogen) atoms. The van der Waals surface area contributed by atoms with Crippen molar-refractivity contribution in [3.8, 4) is 17.0 Å². The number of aromatic nitrogens is 6. The molecule has 10 nitrogen and oxygen atoms in total. The highest BCUT2D eigenvalue weighted by Crippen LogP contribution is 2.34. The lowest BCUT2D eigenvalue weighted by Gasteiger charge is -2.19. The van der Waals surface area contributed by atoms with Crippen molar-refractivity contribution in [1.82, 2.24) is 34.5 Å². The molecule has 1 aliphatic rings. The zero-order chi connectivity index (χ0) is 25.8. The number of alkyl halides is 4. The number of halogens is 4. The summed E-state index contributed by atoms with van der Waals surface area (Å²) in [7, 11) is 1.33. The fourth-order valence-electron chi connectivity index (χ4n) is 4.08. The van der Waals surface area contributed by atoms with Gasteiger partial charge in [-0.15, -0.1) is 10.2 Å². The first-order valence-corrected chi connectivity index (χ1v) is 10.5. The second-order valence-electron chi connectivity index (χ2n) is 8.12. The minimum Gasteiger partial charge on any atom is -0.479 e. The number of methoxy groups -OCH3 is 1. The number of carbonyl (C=O) groups excluding carboxylic acids is 1. The molecule has 0 saturated carbocycles. The molecule has 1 aliphatic heterocycles. The summed E-state index contributed by atoms with van der Waals surface area (Å²) in [5, 5.41) is 14.4. The van der Waals surface area contributed by atoms with Gasteiger partial charge in [-0.2, -0.15) is 4.98 Å². The lowest BCUT2D eigenvalue weighted by Crippen LogP contribution is -2.38. The van der Waals surface area contributed by atoms with E-state index >= 15 is 0 Å². The summed E-state index contributed by atoms with van der Waals surface area (Å²) in [6, 6.07) is 4.93. The highest BCUT2D eigenvalue weighted by Gasteiger charge is 2.49. The molecule has 1 aromatic carbocycles. The molecule has 1 N–H and O–H groups in total. The number of carbonyl (C=O) groups is 1. The van der Waals surface area contributed by atoms with Gasteiger partial charge in [-0.3, -0.25) is 4.79 Å². The largest absolute Gasteiger partial charge is 0.479 e. The zero-order valence-corrected chi connectivity index (χ0v) is 18.5. The van der Waals surface area contributed by atoms with Gasteiger partial charge in [0.05, 0.1) is 20.5 Å². The van der Waals surface area contributed by atoms with E-state index in [-0.39, 0.29) is 30.1 Å². The minimum atomic E-state index is -3.21. The molecular formula is C21H20F4N8O2. The fourth-order valence-corrected chi connectivity index (χ4v) is 4.08. The number of hydrogen-bond acceptors (Lipinski definition) is 7. The molecule has 1 saturated heterocycles. The maximum absolute atomic E-state index is 14.5. The summed E-state index contributed by atoms with van der Waals surface area (Å²) in [5.74, 6) is -3.89. The molecular weight excluding hydrogens is 472 g/mol. The van der Waals surface area contributed by atoms with Crippen molar-refractivity contribution in [2.24, 2.45) is 0 Å². The summed E-state index contributed by atoms with van der Waals surface area (Å²) in [4.78, 5) is 16.8. The van der Waals surface area contributed by atoms with Crippen LogP contribution in [0.15, 0.2) is 30.4 Å². The number of amides is 1. The van der Waals surface area contributed by atoms with Gasteiger partial charge in [0.25, 0.3) is 12.3 Å². The molecule has 1 fully saturated rings. The van der Waals surface area contributed by atoms with Gasteiger partial charge in [0, 0.05) is 25.2 Å². The molecule has 0 radical (unpaired) electrons. The molecule has 5 rings (SSSR count). The van der Waals surface area contributed by atoms with Crippen molar-refractivity contribution in [2.75, 3.05) is 25.5 Å². The lowest BCUT2D eigenvalue weighted by atomic mass is 10.1. The highest BCUT2D eigenvalue weighted by atomic mass is 19.3. The predicted octanol–water partition coefficient (Wildman–Crippen LogP) is 2.69. The second kappa shape index (κ2) is 8.36. The Morgan fingerprint density at radius 2 is 2.17 bits per heavy atom. The first-order valence-electron chi connectivity index (χ1n) is 11.0. The molecule has 14 heteroatoms. The maximum Gasteiger partial charge on any atom is 0.286 e. The number of hydrogen-bond donors (Lipinski definition) is 1. The Bertz CT molecular complexity index is 1470. The van der Waals surface area contributed by atoms with Crippen LogP contribution >= 0.6 is 0 Å². The van der Waals surface area contributed by atoms with E-state index in [0.717, 1.165) is 9.58 Å². The summed E-state index contributed by atoms with van der Waals surface area (Å²) in [5.41, 5.74) is 2.07. The van der Waals surface area contributed by atoms with Crippen LogP contribution in [0.4, 0.5) is 23.5 Å². The Morgan fingerprint density at radius 3 is 2.86 bits per heavy atom. The standard InChI is InChI=1S/C21H20F4N8O2/c1-11(34)31-8-16(21(24,25)10-31)26-20-27-19(35-2)18-13(5-6-32(18)29-20)12-3-4-14-15(7-12)33(30-28-14)9-17(22)23/h3-7,16-17H,8-10H2,1-2H3,(H,26,29)/t16-/m1/s1/i6D. The molecule has 184 valence electrons. The van der Waals surface area contributed by atoms with Crippen LogP contribution in [-0.2, 0) is 11.3 Å². The van der Waals surface area contributed by atoms with Crippen molar-refractivity contribution in [2.45, 2.75) is 31.9 Å². The van der Waals surface area contributed by atoms with Gasteiger partial charge in [0.1, 0.15) is 23.6 Å². The summed E-state index contributed by atoms with van der Waals surface area (Å²) in [6.45, 7) is -0.382. The third kappa shape index (κ3) is 4.08. The average molecular weight is 493 g/mol. The Balaban J connectivity index is 1.55. The van der Waals surface area contributed by atoms with Crippen molar-refractivity contribution < 1.29 is 28.5 Å². The first-order chi connectivity index (χ1) is 17.1.